The summed E-state index contributed by atoms with van der Waals surface area (Å²) >= 11 is 0. The number of ether oxygens (including phenoxy) is 5. The molecule has 2 aromatic carbocycles. The fourth-order valence-electron chi connectivity index (χ4n) is 2.27. The molecule has 23 heavy (non-hydrogen) atoms. The molecule has 2 aliphatic heterocycles. The van der Waals surface area contributed by atoms with Crippen LogP contribution in [0.3, 0.4) is 0 Å². The first kappa shape index (κ1) is 13.5. The lowest BCUT2D eigenvalue weighted by Crippen LogP contribution is -2.03. The number of carbonyl (C=O) groups excluding carboxylic acids is 1. The van der Waals surface area contributed by atoms with Gasteiger partial charge in [-0.1, -0.05) is 6.07 Å². The molecular weight excluding hydrogens is 300 g/mol. The zero-order chi connectivity index (χ0) is 15.6. The zero-order valence-corrected chi connectivity index (χ0v) is 12.0. The minimum atomic E-state index is -0.485. The Morgan fingerprint density at radius 3 is 2.30 bits per heavy atom. The Hall–Kier alpha value is -3.15. The largest absolute Gasteiger partial charge is 0.454 e. The van der Waals surface area contributed by atoms with E-state index in [1.165, 1.54) is 6.08 Å². The van der Waals surface area contributed by atoms with Crippen molar-refractivity contribution in [1.29, 1.82) is 0 Å². The lowest BCUT2D eigenvalue weighted by molar-refractivity contribution is -0.128. The van der Waals surface area contributed by atoms with Gasteiger partial charge >= 0.3 is 5.97 Å². The van der Waals surface area contributed by atoms with E-state index in [1.807, 2.05) is 6.07 Å². The molecule has 2 aromatic rings. The Kier molecular flexibility index (Phi) is 3.27. The summed E-state index contributed by atoms with van der Waals surface area (Å²) in [6.45, 7) is 0.394. The lowest BCUT2D eigenvalue weighted by Gasteiger charge is -2.02. The molecule has 116 valence electrons. The van der Waals surface area contributed by atoms with E-state index < -0.39 is 5.97 Å². The van der Waals surface area contributed by atoms with Gasteiger partial charge in [0, 0.05) is 12.1 Å². The quantitative estimate of drug-likeness (QED) is 0.493. The maximum atomic E-state index is 11.9. The van der Waals surface area contributed by atoms with Crippen molar-refractivity contribution < 1.29 is 28.5 Å². The molecule has 6 heteroatoms. The van der Waals surface area contributed by atoms with Gasteiger partial charge in [-0.15, -0.1) is 0 Å². The highest BCUT2D eigenvalue weighted by Crippen LogP contribution is 2.35. The molecule has 0 aromatic heterocycles. The summed E-state index contributed by atoms with van der Waals surface area (Å²) in [7, 11) is 0. The fourth-order valence-corrected chi connectivity index (χ4v) is 2.27. The van der Waals surface area contributed by atoms with Crippen LogP contribution in [-0.2, 0) is 4.79 Å². The van der Waals surface area contributed by atoms with Crippen molar-refractivity contribution in [2.24, 2.45) is 0 Å². The van der Waals surface area contributed by atoms with Gasteiger partial charge in [0.1, 0.15) is 5.75 Å². The Morgan fingerprint density at radius 2 is 1.52 bits per heavy atom. The number of hydrogen-bond acceptors (Lipinski definition) is 6. The average Bonchev–Trinajstić information content (AvgIpc) is 3.20. The Labute approximate surface area is 131 Å². The van der Waals surface area contributed by atoms with Crippen LogP contribution in [0.15, 0.2) is 42.5 Å². The number of hydrogen-bond donors (Lipinski definition) is 0. The van der Waals surface area contributed by atoms with E-state index in [-0.39, 0.29) is 13.6 Å². The van der Waals surface area contributed by atoms with Crippen LogP contribution in [0.1, 0.15) is 5.56 Å². The Balaban J connectivity index is 1.43. The minimum Gasteiger partial charge on any atom is -0.454 e. The second kappa shape index (κ2) is 5.57. The first-order valence-electron chi connectivity index (χ1n) is 6.97. The van der Waals surface area contributed by atoms with Crippen LogP contribution in [0.4, 0.5) is 0 Å². The van der Waals surface area contributed by atoms with Gasteiger partial charge in [0.25, 0.3) is 0 Å². The molecule has 2 aliphatic rings. The third kappa shape index (κ3) is 2.78. The number of esters is 1. The molecule has 0 atom stereocenters. The predicted molar refractivity (Wildman–Crippen MR) is 79.8 cm³/mol. The van der Waals surface area contributed by atoms with Gasteiger partial charge in [0.2, 0.25) is 13.6 Å². The number of benzene rings is 2. The van der Waals surface area contributed by atoms with Gasteiger partial charge in [-0.05, 0) is 35.9 Å². The highest BCUT2D eigenvalue weighted by atomic mass is 16.7. The molecule has 0 bridgehead atoms. The molecule has 6 nitrogen and oxygen atoms in total. The summed E-state index contributed by atoms with van der Waals surface area (Å²) in [5.74, 6) is 2.48. The molecular formula is C17H12O6. The second-order valence-electron chi connectivity index (χ2n) is 4.88. The van der Waals surface area contributed by atoms with Crippen LogP contribution >= 0.6 is 0 Å². The van der Waals surface area contributed by atoms with Crippen molar-refractivity contribution in [3.63, 3.8) is 0 Å². The molecule has 0 spiro atoms. The van der Waals surface area contributed by atoms with Gasteiger partial charge < -0.3 is 23.7 Å². The third-order valence-corrected chi connectivity index (χ3v) is 3.37. The topological polar surface area (TPSA) is 63.2 Å². The first-order valence-corrected chi connectivity index (χ1v) is 6.97. The normalized spacial score (nSPS) is 14.3. The standard InChI is InChI=1S/C17H12O6/c18-17(23-12-3-5-14-16(8-12)22-10-20-14)6-2-11-1-4-13-15(7-11)21-9-19-13/h1-8H,9-10H2/b6-2+. The first-order chi connectivity index (χ1) is 11.3. The average molecular weight is 312 g/mol. The summed E-state index contributed by atoms with van der Waals surface area (Å²) in [6, 6.07) is 10.4. The fraction of sp³-hybridized carbons (Fsp3) is 0.118. The van der Waals surface area contributed by atoms with Gasteiger partial charge in [0.05, 0.1) is 0 Å². The van der Waals surface area contributed by atoms with E-state index in [4.69, 9.17) is 23.7 Å². The predicted octanol–water partition coefficient (Wildman–Crippen LogP) is 2.76. The number of carbonyl (C=O) groups is 1. The summed E-state index contributed by atoms with van der Waals surface area (Å²) in [5, 5.41) is 0. The highest BCUT2D eigenvalue weighted by Gasteiger charge is 2.15. The minimum absolute atomic E-state index is 0.177. The van der Waals surface area contributed by atoms with E-state index in [2.05, 4.69) is 0 Å². The summed E-state index contributed by atoms with van der Waals surface area (Å²) in [6.07, 6.45) is 3.00. The van der Waals surface area contributed by atoms with Gasteiger partial charge in [-0.25, -0.2) is 4.79 Å². The van der Waals surface area contributed by atoms with Gasteiger partial charge in [0.15, 0.2) is 23.0 Å². The van der Waals surface area contributed by atoms with Crippen LogP contribution in [0, 0.1) is 0 Å². The van der Waals surface area contributed by atoms with Crippen molar-refractivity contribution >= 4 is 12.0 Å². The van der Waals surface area contributed by atoms with Crippen LogP contribution in [0.5, 0.6) is 28.7 Å². The van der Waals surface area contributed by atoms with Gasteiger partial charge in [-0.3, -0.25) is 0 Å². The highest BCUT2D eigenvalue weighted by molar-refractivity contribution is 5.89. The van der Waals surface area contributed by atoms with E-state index >= 15 is 0 Å². The molecule has 2 heterocycles. The van der Waals surface area contributed by atoms with Crippen molar-refractivity contribution in [3.05, 3.63) is 48.0 Å². The molecule has 0 unspecified atom stereocenters. The van der Waals surface area contributed by atoms with Crippen molar-refractivity contribution in [3.8, 4) is 28.7 Å². The van der Waals surface area contributed by atoms with E-state index in [0.29, 0.717) is 28.7 Å². The third-order valence-electron chi connectivity index (χ3n) is 3.37. The molecule has 0 aliphatic carbocycles. The maximum Gasteiger partial charge on any atom is 0.336 e. The van der Waals surface area contributed by atoms with Crippen LogP contribution in [0.25, 0.3) is 6.08 Å². The lowest BCUT2D eigenvalue weighted by atomic mass is 10.2. The second-order valence-corrected chi connectivity index (χ2v) is 4.88. The van der Waals surface area contributed by atoms with E-state index in [0.717, 1.165) is 5.56 Å². The Morgan fingerprint density at radius 1 is 0.870 bits per heavy atom. The van der Waals surface area contributed by atoms with Crippen LogP contribution in [0.2, 0.25) is 0 Å². The van der Waals surface area contributed by atoms with Crippen LogP contribution in [-0.4, -0.2) is 19.6 Å². The smallest absolute Gasteiger partial charge is 0.336 e. The monoisotopic (exact) mass is 312 g/mol. The van der Waals surface area contributed by atoms with Crippen molar-refractivity contribution in [2.75, 3.05) is 13.6 Å². The summed E-state index contributed by atoms with van der Waals surface area (Å²) in [4.78, 5) is 11.9. The summed E-state index contributed by atoms with van der Waals surface area (Å²) < 4.78 is 26.2. The zero-order valence-electron chi connectivity index (χ0n) is 12.0. The van der Waals surface area contributed by atoms with Crippen molar-refractivity contribution in [1.82, 2.24) is 0 Å². The maximum absolute atomic E-state index is 11.9. The number of rotatable bonds is 3. The molecule has 0 saturated heterocycles. The molecule has 0 saturated carbocycles. The number of fused-ring (bicyclic) bond motifs is 2. The van der Waals surface area contributed by atoms with Crippen molar-refractivity contribution in [2.45, 2.75) is 0 Å². The molecule has 0 radical (unpaired) electrons. The molecule has 4 rings (SSSR count). The van der Waals surface area contributed by atoms with E-state index in [1.54, 1.807) is 36.4 Å². The van der Waals surface area contributed by atoms with E-state index in [9.17, 15) is 4.79 Å². The molecule has 0 amide bonds. The SMILES string of the molecule is O=C(/C=C/c1ccc2c(c1)OCO2)Oc1ccc2c(c1)OCO2. The molecule has 0 N–H and O–H groups in total. The summed E-state index contributed by atoms with van der Waals surface area (Å²) in [5.41, 5.74) is 0.817. The van der Waals surface area contributed by atoms with Gasteiger partial charge in [-0.2, -0.15) is 0 Å². The Bertz CT molecular complexity index is 796. The van der Waals surface area contributed by atoms with Crippen LogP contribution < -0.4 is 23.7 Å². The molecule has 0 fully saturated rings.